The summed E-state index contributed by atoms with van der Waals surface area (Å²) in [5.74, 6) is 0. The Morgan fingerprint density at radius 2 is 1.88 bits per heavy atom. The largest absolute Gasteiger partial charge is 0.386 e. The van der Waals surface area contributed by atoms with Crippen molar-refractivity contribution in [2.24, 2.45) is 0 Å². The molecule has 1 aromatic carbocycles. The number of nitrogens with zero attached hydrogens (tertiary/aromatic N) is 2. The van der Waals surface area contributed by atoms with Crippen LogP contribution in [0.15, 0.2) is 66.2 Å². The van der Waals surface area contributed by atoms with E-state index in [4.69, 9.17) is 0 Å². The number of aryl methyl sites for hydroxylation is 1. The Labute approximate surface area is 147 Å². The molecule has 0 fully saturated rings. The summed E-state index contributed by atoms with van der Waals surface area (Å²) in [4.78, 5) is 7.67. The van der Waals surface area contributed by atoms with Crippen LogP contribution < -0.4 is 0 Å². The van der Waals surface area contributed by atoms with Crippen LogP contribution in [0.1, 0.15) is 27.8 Å². The van der Waals surface area contributed by atoms with Crippen molar-refractivity contribution >= 4 is 11.3 Å². The molecule has 1 atom stereocenters. The van der Waals surface area contributed by atoms with Crippen molar-refractivity contribution in [3.63, 3.8) is 0 Å². The van der Waals surface area contributed by atoms with Crippen molar-refractivity contribution < 1.29 is 5.11 Å². The molecule has 0 radical (unpaired) electrons. The zero-order valence-electron chi connectivity index (χ0n) is 13.8. The van der Waals surface area contributed by atoms with E-state index in [9.17, 15) is 5.11 Å². The van der Waals surface area contributed by atoms with Gasteiger partial charge in [0.15, 0.2) is 0 Å². The molecule has 3 aromatic rings. The molecule has 1 N–H and O–H groups in total. The van der Waals surface area contributed by atoms with Gasteiger partial charge in [0.05, 0.1) is 0 Å². The zero-order valence-corrected chi connectivity index (χ0v) is 14.6. The summed E-state index contributed by atoms with van der Waals surface area (Å²) in [6.07, 6.45) is 1.35. The van der Waals surface area contributed by atoms with Gasteiger partial charge in [-0.2, -0.15) is 0 Å². The molecule has 3 nitrogen and oxygen atoms in total. The Kier molecular flexibility index (Phi) is 5.75. The van der Waals surface area contributed by atoms with Crippen molar-refractivity contribution in [1.82, 2.24) is 9.88 Å². The van der Waals surface area contributed by atoms with Crippen LogP contribution in [0.2, 0.25) is 0 Å². The van der Waals surface area contributed by atoms with Gasteiger partial charge in [0.25, 0.3) is 0 Å². The minimum atomic E-state index is -0.467. The molecule has 4 heteroatoms. The van der Waals surface area contributed by atoms with Gasteiger partial charge in [0, 0.05) is 36.4 Å². The molecule has 2 aromatic heterocycles. The Hall–Kier alpha value is -2.01. The third-order valence-electron chi connectivity index (χ3n) is 4.06. The average Bonchev–Trinajstić information content (AvgIpc) is 3.12. The average molecular weight is 338 g/mol. The summed E-state index contributed by atoms with van der Waals surface area (Å²) in [5.41, 5.74) is 3.49. The van der Waals surface area contributed by atoms with E-state index >= 15 is 0 Å². The van der Waals surface area contributed by atoms with Crippen LogP contribution in [0.4, 0.5) is 0 Å². The number of thiophene rings is 1. The number of hydrogen-bond acceptors (Lipinski definition) is 4. The maximum absolute atomic E-state index is 10.6. The van der Waals surface area contributed by atoms with E-state index in [2.05, 4.69) is 40.2 Å². The molecule has 0 aliphatic heterocycles. The summed E-state index contributed by atoms with van der Waals surface area (Å²) in [6.45, 7) is 4.21. The molecule has 0 bridgehead atoms. The molecule has 0 aliphatic rings. The molecular formula is C20H22N2OS. The number of benzene rings is 1. The lowest BCUT2D eigenvalue weighted by Gasteiger charge is -2.25. The maximum Gasteiger partial charge on any atom is 0.101 e. The zero-order chi connectivity index (χ0) is 16.8. The van der Waals surface area contributed by atoms with E-state index in [1.165, 1.54) is 11.1 Å². The first-order valence-corrected chi connectivity index (χ1v) is 8.98. The number of aromatic nitrogens is 1. The smallest absolute Gasteiger partial charge is 0.101 e. The van der Waals surface area contributed by atoms with E-state index in [0.717, 1.165) is 23.7 Å². The van der Waals surface area contributed by atoms with Crippen LogP contribution in [0.25, 0.3) is 0 Å². The summed E-state index contributed by atoms with van der Waals surface area (Å²) < 4.78 is 0. The third kappa shape index (κ3) is 4.51. The van der Waals surface area contributed by atoms with E-state index in [-0.39, 0.29) is 0 Å². The van der Waals surface area contributed by atoms with Gasteiger partial charge in [0.1, 0.15) is 6.10 Å². The number of pyridine rings is 1. The van der Waals surface area contributed by atoms with Gasteiger partial charge in [-0.3, -0.25) is 9.88 Å². The quantitative estimate of drug-likeness (QED) is 0.702. The highest BCUT2D eigenvalue weighted by atomic mass is 32.1. The van der Waals surface area contributed by atoms with Gasteiger partial charge in [-0.05, 0) is 35.6 Å². The summed E-state index contributed by atoms with van der Waals surface area (Å²) in [7, 11) is 0. The van der Waals surface area contributed by atoms with Crippen molar-refractivity contribution in [1.29, 1.82) is 0 Å². The van der Waals surface area contributed by atoms with E-state index in [1.807, 2.05) is 42.8 Å². The van der Waals surface area contributed by atoms with Crippen molar-refractivity contribution in [2.45, 2.75) is 26.1 Å². The molecule has 1 unspecified atom stereocenters. The molecule has 0 aliphatic carbocycles. The van der Waals surface area contributed by atoms with Crippen molar-refractivity contribution in [3.05, 3.63) is 87.9 Å². The molecule has 0 saturated heterocycles. The molecule has 0 spiro atoms. The normalized spacial score (nSPS) is 12.5. The fourth-order valence-electron chi connectivity index (χ4n) is 2.77. The minimum Gasteiger partial charge on any atom is -0.386 e. The van der Waals surface area contributed by atoms with Gasteiger partial charge >= 0.3 is 0 Å². The van der Waals surface area contributed by atoms with Crippen molar-refractivity contribution in [2.75, 3.05) is 6.54 Å². The summed E-state index contributed by atoms with van der Waals surface area (Å²) in [5, 5.41) is 12.6. The predicted octanol–water partition coefficient (Wildman–Crippen LogP) is 4.19. The standard InChI is InChI=1S/C20H22N2OS/c1-16-18(9-5-11-21-16)14-22(13-17-7-3-2-4-8-17)15-19(23)20-10-6-12-24-20/h2-12,19,23H,13-15H2,1H3. The van der Waals surface area contributed by atoms with E-state index in [0.29, 0.717) is 6.54 Å². The van der Waals surface area contributed by atoms with Gasteiger partial charge in [-0.15, -0.1) is 11.3 Å². The van der Waals surface area contributed by atoms with Crippen LogP contribution in [0, 0.1) is 6.92 Å². The predicted molar refractivity (Wildman–Crippen MR) is 98.8 cm³/mol. The highest BCUT2D eigenvalue weighted by molar-refractivity contribution is 7.10. The Bertz CT molecular complexity index is 743. The summed E-state index contributed by atoms with van der Waals surface area (Å²) >= 11 is 1.60. The Balaban J connectivity index is 1.76. The van der Waals surface area contributed by atoms with Crippen LogP contribution in [0.5, 0.6) is 0 Å². The van der Waals surface area contributed by atoms with Crippen LogP contribution in [-0.4, -0.2) is 21.5 Å². The molecule has 124 valence electrons. The lowest BCUT2D eigenvalue weighted by atomic mass is 10.1. The summed E-state index contributed by atoms with van der Waals surface area (Å²) in [6, 6.07) is 18.4. The molecule has 3 rings (SSSR count). The van der Waals surface area contributed by atoms with E-state index in [1.54, 1.807) is 11.3 Å². The molecule has 2 heterocycles. The first kappa shape index (κ1) is 16.8. The molecule has 24 heavy (non-hydrogen) atoms. The lowest BCUT2D eigenvalue weighted by molar-refractivity contribution is 0.107. The maximum atomic E-state index is 10.6. The second-order valence-electron chi connectivity index (χ2n) is 5.93. The highest BCUT2D eigenvalue weighted by Gasteiger charge is 2.16. The number of hydrogen-bond donors (Lipinski definition) is 1. The molecule has 0 saturated carbocycles. The van der Waals surface area contributed by atoms with Gasteiger partial charge in [0.2, 0.25) is 0 Å². The van der Waals surface area contributed by atoms with Crippen molar-refractivity contribution in [3.8, 4) is 0 Å². The van der Waals surface area contributed by atoms with E-state index < -0.39 is 6.10 Å². The Morgan fingerprint density at radius 1 is 1.04 bits per heavy atom. The lowest BCUT2D eigenvalue weighted by Crippen LogP contribution is -2.28. The number of rotatable bonds is 7. The highest BCUT2D eigenvalue weighted by Crippen LogP contribution is 2.22. The molecule has 0 amide bonds. The fourth-order valence-corrected chi connectivity index (χ4v) is 3.47. The SMILES string of the molecule is Cc1ncccc1CN(Cc1ccccc1)CC(O)c1cccs1. The first-order valence-electron chi connectivity index (χ1n) is 8.10. The fraction of sp³-hybridized carbons (Fsp3) is 0.250. The second kappa shape index (κ2) is 8.20. The van der Waals surface area contributed by atoms with Crippen LogP contribution in [-0.2, 0) is 13.1 Å². The third-order valence-corrected chi connectivity index (χ3v) is 5.04. The van der Waals surface area contributed by atoms with Gasteiger partial charge in [-0.25, -0.2) is 0 Å². The monoisotopic (exact) mass is 338 g/mol. The topological polar surface area (TPSA) is 36.4 Å². The van der Waals surface area contributed by atoms with Gasteiger partial charge < -0.3 is 5.11 Å². The number of aliphatic hydroxyl groups excluding tert-OH is 1. The van der Waals surface area contributed by atoms with Crippen LogP contribution >= 0.6 is 11.3 Å². The first-order chi connectivity index (χ1) is 11.7. The number of aliphatic hydroxyl groups is 1. The van der Waals surface area contributed by atoms with Crippen LogP contribution in [0.3, 0.4) is 0 Å². The second-order valence-corrected chi connectivity index (χ2v) is 6.91. The molecular weight excluding hydrogens is 316 g/mol. The Morgan fingerprint density at radius 3 is 2.58 bits per heavy atom. The van der Waals surface area contributed by atoms with Gasteiger partial charge in [-0.1, -0.05) is 42.5 Å². The minimum absolute atomic E-state index is 0.467.